The topological polar surface area (TPSA) is 72.7 Å². The number of nitrogens with one attached hydrogen (secondary N) is 1. The number of aromatic nitrogens is 4. The number of thioether (sulfide) groups is 1. The third-order valence-corrected chi connectivity index (χ3v) is 5.21. The van der Waals surface area contributed by atoms with Crippen LogP contribution in [0.2, 0.25) is 0 Å². The van der Waals surface area contributed by atoms with E-state index in [4.69, 9.17) is 0 Å². The summed E-state index contributed by atoms with van der Waals surface area (Å²) in [6, 6.07) is 9.87. The summed E-state index contributed by atoms with van der Waals surface area (Å²) in [6.45, 7) is 6.14. The van der Waals surface area contributed by atoms with Gasteiger partial charge in [0.05, 0.1) is 10.9 Å². The Bertz CT molecular complexity index is 859. The van der Waals surface area contributed by atoms with Gasteiger partial charge in [0, 0.05) is 17.5 Å². The first-order valence-corrected chi connectivity index (χ1v) is 9.40. The molecule has 0 aliphatic carbocycles. The van der Waals surface area contributed by atoms with Gasteiger partial charge < -0.3 is 9.88 Å². The van der Waals surface area contributed by atoms with E-state index in [0.29, 0.717) is 16.8 Å². The summed E-state index contributed by atoms with van der Waals surface area (Å²) in [5, 5.41) is 13.7. The molecule has 6 nitrogen and oxygen atoms in total. The van der Waals surface area contributed by atoms with Crippen LogP contribution in [0.5, 0.6) is 0 Å². The van der Waals surface area contributed by atoms with Crippen molar-refractivity contribution in [1.82, 2.24) is 19.7 Å². The summed E-state index contributed by atoms with van der Waals surface area (Å²) in [5.41, 5.74) is 1.88. The molecule has 0 unspecified atom stereocenters. The normalized spacial score (nSPS) is 11.9. The molecule has 0 bridgehead atoms. The Labute approximate surface area is 154 Å². The van der Waals surface area contributed by atoms with Crippen molar-refractivity contribution in [3.63, 3.8) is 0 Å². The van der Waals surface area contributed by atoms with Gasteiger partial charge in [-0.25, -0.2) is 4.98 Å². The average molecular weight is 371 g/mol. The van der Waals surface area contributed by atoms with Gasteiger partial charge in [-0.05, 0) is 6.92 Å². The van der Waals surface area contributed by atoms with E-state index in [1.54, 1.807) is 12.4 Å². The molecule has 25 heavy (non-hydrogen) atoms. The summed E-state index contributed by atoms with van der Waals surface area (Å²) in [7, 11) is 0. The molecule has 1 aromatic carbocycles. The second-order valence-electron chi connectivity index (χ2n) is 5.21. The maximum Gasteiger partial charge on any atom is 0.239 e. The lowest BCUT2D eigenvalue weighted by molar-refractivity contribution is -0.115. The highest BCUT2D eigenvalue weighted by Gasteiger charge is 2.19. The van der Waals surface area contributed by atoms with Gasteiger partial charge in [0.1, 0.15) is 6.33 Å². The summed E-state index contributed by atoms with van der Waals surface area (Å²) in [5.74, 6) is -0.118. The highest BCUT2D eigenvalue weighted by Crippen LogP contribution is 2.26. The fraction of sp³-hybridized carbons (Fsp3) is 0.176. The van der Waals surface area contributed by atoms with Gasteiger partial charge in [0.25, 0.3) is 0 Å². The van der Waals surface area contributed by atoms with Gasteiger partial charge in [-0.15, -0.1) is 28.1 Å². The molecule has 2 heterocycles. The number of allylic oxidation sites excluding steroid dienone is 1. The van der Waals surface area contributed by atoms with Gasteiger partial charge in [0.2, 0.25) is 5.91 Å². The van der Waals surface area contributed by atoms with Crippen molar-refractivity contribution < 1.29 is 4.79 Å². The zero-order valence-corrected chi connectivity index (χ0v) is 15.3. The van der Waals surface area contributed by atoms with Crippen molar-refractivity contribution in [2.75, 3.05) is 5.32 Å². The lowest BCUT2D eigenvalue weighted by Gasteiger charge is -2.10. The lowest BCUT2D eigenvalue weighted by Crippen LogP contribution is -2.22. The van der Waals surface area contributed by atoms with Crippen LogP contribution in [0.15, 0.2) is 59.9 Å². The molecule has 8 heteroatoms. The maximum atomic E-state index is 12.4. The van der Waals surface area contributed by atoms with Crippen LogP contribution in [0.4, 0.5) is 5.13 Å². The van der Waals surface area contributed by atoms with Crippen molar-refractivity contribution in [1.29, 1.82) is 0 Å². The molecule has 2 aromatic heterocycles. The standard InChI is InChI=1S/C17H17N5OS2/c1-3-9-22-11-18-21-17(22)25-12(2)15(23)20-16-19-14(10-24-16)13-7-5-4-6-8-13/h3-8,10-12H,1,9H2,2H3,(H,19,20,23)/t12-/m0/s1. The van der Waals surface area contributed by atoms with Crippen LogP contribution in [0, 0.1) is 0 Å². The molecule has 0 radical (unpaired) electrons. The Hall–Kier alpha value is -2.45. The van der Waals surface area contributed by atoms with E-state index < -0.39 is 0 Å². The summed E-state index contributed by atoms with van der Waals surface area (Å²) < 4.78 is 1.85. The lowest BCUT2D eigenvalue weighted by atomic mass is 10.2. The van der Waals surface area contributed by atoms with E-state index >= 15 is 0 Å². The number of anilines is 1. The third-order valence-electron chi connectivity index (χ3n) is 3.36. The molecule has 3 rings (SSSR count). The second kappa shape index (κ2) is 8.09. The molecule has 128 valence electrons. The number of benzene rings is 1. The van der Waals surface area contributed by atoms with Crippen molar-refractivity contribution >= 4 is 34.1 Å². The molecule has 1 N–H and O–H groups in total. The Morgan fingerprint density at radius 3 is 3.00 bits per heavy atom. The molecule has 0 saturated carbocycles. The van der Waals surface area contributed by atoms with Crippen LogP contribution in [0.1, 0.15) is 6.92 Å². The summed E-state index contributed by atoms with van der Waals surface area (Å²) >= 11 is 2.76. The summed E-state index contributed by atoms with van der Waals surface area (Å²) in [4.78, 5) is 16.9. The molecular formula is C17H17N5OS2. The molecule has 0 aliphatic rings. The van der Waals surface area contributed by atoms with E-state index in [1.807, 2.05) is 47.2 Å². The first-order valence-electron chi connectivity index (χ1n) is 7.64. The van der Waals surface area contributed by atoms with Gasteiger partial charge in [-0.2, -0.15) is 0 Å². The average Bonchev–Trinajstić information content (AvgIpc) is 3.26. The highest BCUT2D eigenvalue weighted by atomic mass is 32.2. The Balaban J connectivity index is 1.63. The Morgan fingerprint density at radius 1 is 1.44 bits per heavy atom. The molecule has 1 amide bonds. The number of hydrogen-bond donors (Lipinski definition) is 1. The molecule has 0 saturated heterocycles. The maximum absolute atomic E-state index is 12.4. The predicted octanol–water partition coefficient (Wildman–Crippen LogP) is 3.71. The number of rotatable bonds is 7. The van der Waals surface area contributed by atoms with Crippen molar-refractivity contribution in [3.05, 3.63) is 54.7 Å². The van der Waals surface area contributed by atoms with E-state index in [9.17, 15) is 4.79 Å². The predicted molar refractivity (Wildman–Crippen MR) is 102 cm³/mol. The minimum absolute atomic E-state index is 0.118. The summed E-state index contributed by atoms with van der Waals surface area (Å²) in [6.07, 6.45) is 3.39. The fourth-order valence-electron chi connectivity index (χ4n) is 2.09. The molecule has 3 aromatic rings. The highest BCUT2D eigenvalue weighted by molar-refractivity contribution is 8.00. The molecule has 0 fully saturated rings. The van der Waals surface area contributed by atoms with Gasteiger partial charge in [0.15, 0.2) is 10.3 Å². The fourth-order valence-corrected chi connectivity index (χ4v) is 3.65. The zero-order chi connectivity index (χ0) is 17.6. The number of carbonyl (C=O) groups is 1. The van der Waals surface area contributed by atoms with E-state index in [0.717, 1.165) is 11.3 Å². The minimum atomic E-state index is -0.322. The monoisotopic (exact) mass is 371 g/mol. The van der Waals surface area contributed by atoms with Crippen LogP contribution in [0.3, 0.4) is 0 Å². The number of nitrogens with zero attached hydrogens (tertiary/aromatic N) is 4. The van der Waals surface area contributed by atoms with Crippen molar-refractivity contribution in [2.45, 2.75) is 23.9 Å². The smallest absolute Gasteiger partial charge is 0.239 e. The Morgan fingerprint density at radius 2 is 2.24 bits per heavy atom. The minimum Gasteiger partial charge on any atom is -0.305 e. The number of hydrogen-bond acceptors (Lipinski definition) is 6. The van der Waals surface area contributed by atoms with Crippen LogP contribution in [-0.4, -0.2) is 30.9 Å². The molecule has 0 spiro atoms. The number of carbonyl (C=O) groups excluding carboxylic acids is 1. The first kappa shape index (κ1) is 17.4. The zero-order valence-electron chi connectivity index (χ0n) is 13.6. The molecule has 1 atom stereocenters. The van der Waals surface area contributed by atoms with Crippen LogP contribution < -0.4 is 5.32 Å². The van der Waals surface area contributed by atoms with Gasteiger partial charge in [-0.3, -0.25) is 4.79 Å². The number of thiazole rings is 1. The van der Waals surface area contributed by atoms with E-state index in [2.05, 4.69) is 27.1 Å². The number of amides is 1. The van der Waals surface area contributed by atoms with Gasteiger partial charge >= 0.3 is 0 Å². The van der Waals surface area contributed by atoms with Crippen molar-refractivity contribution in [2.24, 2.45) is 0 Å². The largest absolute Gasteiger partial charge is 0.305 e. The van der Waals surface area contributed by atoms with Crippen molar-refractivity contribution in [3.8, 4) is 11.3 Å². The molecule has 0 aliphatic heterocycles. The quantitative estimate of drug-likeness (QED) is 0.506. The first-order chi connectivity index (χ1) is 12.2. The molecular weight excluding hydrogens is 354 g/mol. The Kier molecular flexibility index (Phi) is 5.62. The van der Waals surface area contributed by atoms with Gasteiger partial charge in [-0.1, -0.05) is 48.2 Å². The van der Waals surface area contributed by atoms with Crippen LogP contribution >= 0.6 is 23.1 Å². The van der Waals surface area contributed by atoms with E-state index in [1.165, 1.54) is 23.1 Å². The van der Waals surface area contributed by atoms with Crippen LogP contribution in [0.25, 0.3) is 11.3 Å². The SMILES string of the molecule is C=CCn1cnnc1S[C@@H](C)C(=O)Nc1nc(-c2ccccc2)cs1. The van der Waals surface area contributed by atoms with Crippen LogP contribution in [-0.2, 0) is 11.3 Å². The van der Waals surface area contributed by atoms with E-state index in [-0.39, 0.29) is 11.2 Å². The third kappa shape index (κ3) is 4.34. The second-order valence-corrected chi connectivity index (χ2v) is 7.37.